The number of halogens is 3. The summed E-state index contributed by atoms with van der Waals surface area (Å²) >= 11 is 0. The minimum atomic E-state index is -4.27. The Morgan fingerprint density at radius 2 is 1.96 bits per heavy atom. The van der Waals surface area contributed by atoms with E-state index in [0.29, 0.717) is 5.82 Å². The number of aromatic nitrogens is 4. The van der Waals surface area contributed by atoms with Gasteiger partial charge in [0.15, 0.2) is 5.65 Å². The normalized spacial score (nSPS) is 16.8. The standard InChI is InChI=1S/C13H15F3N6O2/c1-8-17-6-9-10(18-8)19-11(23)22(9)12(24)21-4-2-20(3-5-21)7-13(14,15)16/h6H,2-5,7H2,1H3,(H,17,18,19,23). The molecule has 1 saturated heterocycles. The van der Waals surface area contributed by atoms with Gasteiger partial charge in [-0.1, -0.05) is 0 Å². The Balaban J connectivity index is 1.77. The summed E-state index contributed by atoms with van der Waals surface area (Å²) in [5.74, 6) is 0.448. The Labute approximate surface area is 133 Å². The molecule has 3 heterocycles. The van der Waals surface area contributed by atoms with Gasteiger partial charge in [0.1, 0.15) is 11.3 Å². The Morgan fingerprint density at radius 1 is 1.29 bits per heavy atom. The summed E-state index contributed by atoms with van der Waals surface area (Å²) in [6, 6.07) is -0.592. The van der Waals surface area contributed by atoms with Gasteiger partial charge in [0.2, 0.25) is 0 Å². The van der Waals surface area contributed by atoms with Crippen LogP contribution in [0.4, 0.5) is 18.0 Å². The Kier molecular flexibility index (Phi) is 4.03. The third-order valence-electron chi connectivity index (χ3n) is 3.80. The summed E-state index contributed by atoms with van der Waals surface area (Å²) in [5.41, 5.74) is -0.155. The Bertz CT molecular complexity index is 819. The highest BCUT2D eigenvalue weighted by Gasteiger charge is 2.33. The first kappa shape index (κ1) is 16.4. The van der Waals surface area contributed by atoms with Crippen LogP contribution in [-0.2, 0) is 0 Å². The number of aryl methyl sites for hydroxylation is 1. The molecule has 0 saturated carbocycles. The molecule has 1 fully saturated rings. The number of amides is 1. The minimum absolute atomic E-state index is 0.0952. The molecular formula is C13H15F3N6O2. The first-order valence-electron chi connectivity index (χ1n) is 7.27. The number of nitrogens with zero attached hydrogens (tertiary/aromatic N) is 5. The number of carbonyl (C=O) groups is 1. The van der Waals surface area contributed by atoms with Gasteiger partial charge in [-0.25, -0.2) is 24.1 Å². The average molecular weight is 344 g/mol. The van der Waals surface area contributed by atoms with Gasteiger partial charge in [-0.3, -0.25) is 9.88 Å². The van der Waals surface area contributed by atoms with Gasteiger partial charge >= 0.3 is 17.9 Å². The van der Waals surface area contributed by atoms with Crippen molar-refractivity contribution >= 4 is 17.2 Å². The maximum atomic E-state index is 12.5. The van der Waals surface area contributed by atoms with E-state index in [2.05, 4.69) is 15.0 Å². The van der Waals surface area contributed by atoms with Crippen LogP contribution in [0.2, 0.25) is 0 Å². The number of hydrogen-bond acceptors (Lipinski definition) is 5. The second-order valence-corrected chi connectivity index (χ2v) is 5.58. The van der Waals surface area contributed by atoms with Crippen molar-refractivity contribution in [3.8, 4) is 0 Å². The van der Waals surface area contributed by atoms with Crippen molar-refractivity contribution in [2.24, 2.45) is 0 Å². The fraction of sp³-hybridized carbons (Fsp3) is 0.538. The lowest BCUT2D eigenvalue weighted by molar-refractivity contribution is -0.148. The molecule has 0 unspecified atom stereocenters. The van der Waals surface area contributed by atoms with E-state index in [1.165, 1.54) is 16.0 Å². The number of carbonyl (C=O) groups excluding carboxylic acids is 1. The highest BCUT2D eigenvalue weighted by molar-refractivity contribution is 5.87. The summed E-state index contributed by atoms with van der Waals surface area (Å²) in [6.07, 6.45) is -2.90. The molecule has 130 valence electrons. The molecule has 1 N–H and O–H groups in total. The number of H-pyrrole nitrogens is 1. The van der Waals surface area contributed by atoms with Gasteiger partial charge in [0.25, 0.3) is 0 Å². The van der Waals surface area contributed by atoms with Crippen LogP contribution in [0.15, 0.2) is 11.0 Å². The topological polar surface area (TPSA) is 87.1 Å². The molecule has 1 aliphatic rings. The predicted molar refractivity (Wildman–Crippen MR) is 77.7 cm³/mol. The Morgan fingerprint density at radius 3 is 2.58 bits per heavy atom. The summed E-state index contributed by atoms with van der Waals surface area (Å²) in [6.45, 7) is 1.06. The van der Waals surface area contributed by atoms with E-state index < -0.39 is 24.4 Å². The smallest absolute Gasteiger partial charge is 0.321 e. The second-order valence-electron chi connectivity index (χ2n) is 5.58. The van der Waals surface area contributed by atoms with Gasteiger partial charge in [-0.05, 0) is 6.92 Å². The van der Waals surface area contributed by atoms with E-state index in [1.54, 1.807) is 6.92 Å². The monoisotopic (exact) mass is 344 g/mol. The first-order valence-corrected chi connectivity index (χ1v) is 7.27. The number of hydrogen-bond donors (Lipinski definition) is 1. The minimum Gasteiger partial charge on any atom is -0.321 e. The number of alkyl halides is 3. The predicted octanol–water partition coefficient (Wildman–Crippen LogP) is 0.576. The highest BCUT2D eigenvalue weighted by atomic mass is 19.4. The zero-order chi connectivity index (χ0) is 17.5. The van der Waals surface area contributed by atoms with Crippen molar-refractivity contribution in [3.63, 3.8) is 0 Å². The van der Waals surface area contributed by atoms with E-state index in [4.69, 9.17) is 0 Å². The summed E-state index contributed by atoms with van der Waals surface area (Å²) in [4.78, 5) is 37.6. The molecule has 2 aromatic heterocycles. The van der Waals surface area contributed by atoms with Gasteiger partial charge < -0.3 is 4.90 Å². The molecule has 1 amide bonds. The SMILES string of the molecule is Cc1ncc2c(n1)[nH]c(=O)n2C(=O)N1CCN(CC(F)(F)F)CC1. The van der Waals surface area contributed by atoms with Crippen molar-refractivity contribution in [2.75, 3.05) is 32.7 Å². The molecule has 0 radical (unpaired) electrons. The molecule has 0 spiro atoms. The molecule has 11 heteroatoms. The van der Waals surface area contributed by atoms with Crippen LogP contribution in [0.3, 0.4) is 0 Å². The number of nitrogens with one attached hydrogen (secondary N) is 1. The first-order chi connectivity index (χ1) is 11.2. The van der Waals surface area contributed by atoms with Crippen LogP contribution in [-0.4, -0.2) is 74.3 Å². The number of piperazine rings is 1. The number of aromatic amines is 1. The molecule has 8 nitrogen and oxygen atoms in total. The third-order valence-corrected chi connectivity index (χ3v) is 3.80. The zero-order valence-electron chi connectivity index (χ0n) is 12.8. The highest BCUT2D eigenvalue weighted by Crippen LogP contribution is 2.18. The van der Waals surface area contributed by atoms with Crippen molar-refractivity contribution in [2.45, 2.75) is 13.1 Å². The molecule has 0 bridgehead atoms. The van der Waals surface area contributed by atoms with Crippen molar-refractivity contribution < 1.29 is 18.0 Å². The average Bonchev–Trinajstić information content (AvgIpc) is 2.80. The quantitative estimate of drug-likeness (QED) is 0.818. The maximum absolute atomic E-state index is 12.5. The fourth-order valence-corrected chi connectivity index (χ4v) is 2.67. The van der Waals surface area contributed by atoms with E-state index in [0.717, 1.165) is 4.57 Å². The fourth-order valence-electron chi connectivity index (χ4n) is 2.67. The molecule has 24 heavy (non-hydrogen) atoms. The maximum Gasteiger partial charge on any atom is 0.401 e. The van der Waals surface area contributed by atoms with E-state index >= 15 is 0 Å². The molecule has 0 aromatic carbocycles. The van der Waals surface area contributed by atoms with E-state index in [1.807, 2.05) is 0 Å². The van der Waals surface area contributed by atoms with Crippen LogP contribution >= 0.6 is 0 Å². The molecule has 3 rings (SSSR count). The lowest BCUT2D eigenvalue weighted by Gasteiger charge is -2.34. The largest absolute Gasteiger partial charge is 0.401 e. The molecule has 2 aromatic rings. The molecule has 0 aliphatic carbocycles. The summed E-state index contributed by atoms with van der Waals surface area (Å²) < 4.78 is 38.1. The van der Waals surface area contributed by atoms with Gasteiger partial charge in [0.05, 0.1) is 12.7 Å². The van der Waals surface area contributed by atoms with Crippen LogP contribution in [0.1, 0.15) is 5.82 Å². The van der Waals surface area contributed by atoms with E-state index in [-0.39, 0.29) is 37.3 Å². The van der Waals surface area contributed by atoms with Gasteiger partial charge in [-0.2, -0.15) is 13.2 Å². The van der Waals surface area contributed by atoms with Crippen LogP contribution in [0.25, 0.3) is 11.2 Å². The van der Waals surface area contributed by atoms with E-state index in [9.17, 15) is 22.8 Å². The summed E-state index contributed by atoms with van der Waals surface area (Å²) in [5, 5.41) is 0. The summed E-state index contributed by atoms with van der Waals surface area (Å²) in [7, 11) is 0. The van der Waals surface area contributed by atoms with Crippen molar-refractivity contribution in [1.82, 2.24) is 29.3 Å². The zero-order valence-corrected chi connectivity index (χ0v) is 12.8. The van der Waals surface area contributed by atoms with Crippen LogP contribution in [0.5, 0.6) is 0 Å². The number of imidazole rings is 1. The van der Waals surface area contributed by atoms with Crippen molar-refractivity contribution in [3.05, 3.63) is 22.5 Å². The lowest BCUT2D eigenvalue weighted by atomic mass is 10.3. The number of fused-ring (bicyclic) bond motifs is 1. The van der Waals surface area contributed by atoms with Crippen LogP contribution in [0, 0.1) is 6.92 Å². The van der Waals surface area contributed by atoms with Crippen LogP contribution < -0.4 is 5.69 Å². The molecular weight excluding hydrogens is 329 g/mol. The third kappa shape index (κ3) is 3.25. The van der Waals surface area contributed by atoms with Crippen molar-refractivity contribution in [1.29, 1.82) is 0 Å². The van der Waals surface area contributed by atoms with Gasteiger partial charge in [0, 0.05) is 26.2 Å². The molecule has 1 aliphatic heterocycles. The lowest BCUT2D eigenvalue weighted by Crippen LogP contribution is -2.52. The molecule has 0 atom stereocenters. The Hall–Kier alpha value is -2.43. The number of rotatable bonds is 1. The second kappa shape index (κ2) is 5.89. The van der Waals surface area contributed by atoms with Gasteiger partial charge in [-0.15, -0.1) is 0 Å².